The Labute approximate surface area is 105 Å². The zero-order valence-corrected chi connectivity index (χ0v) is 11.0. The van der Waals surface area contributed by atoms with Gasteiger partial charge in [-0.15, -0.1) is 0 Å². The van der Waals surface area contributed by atoms with Gasteiger partial charge in [-0.3, -0.25) is 0 Å². The minimum atomic E-state index is -4.00. The second-order valence-electron chi connectivity index (χ2n) is 4.31. The smallest absolute Gasteiger partial charge is 0.243 e. The van der Waals surface area contributed by atoms with Crippen LogP contribution >= 0.6 is 0 Å². The quantitative estimate of drug-likeness (QED) is 0.854. The molecule has 0 saturated carbocycles. The van der Waals surface area contributed by atoms with E-state index in [2.05, 4.69) is 4.72 Å². The highest BCUT2D eigenvalue weighted by molar-refractivity contribution is 7.89. The first kappa shape index (κ1) is 15.0. The van der Waals surface area contributed by atoms with Gasteiger partial charge in [-0.05, 0) is 32.4 Å². The van der Waals surface area contributed by atoms with Crippen LogP contribution in [-0.4, -0.2) is 20.5 Å². The highest BCUT2D eigenvalue weighted by Crippen LogP contribution is 2.16. The van der Waals surface area contributed by atoms with Gasteiger partial charge in [0.15, 0.2) is 0 Å². The summed E-state index contributed by atoms with van der Waals surface area (Å²) in [4.78, 5) is -0.569. The zero-order valence-electron chi connectivity index (χ0n) is 10.2. The molecule has 18 heavy (non-hydrogen) atoms. The van der Waals surface area contributed by atoms with E-state index in [1.54, 1.807) is 13.8 Å². The monoisotopic (exact) mass is 278 g/mol. The fourth-order valence-corrected chi connectivity index (χ4v) is 2.94. The molecule has 0 heterocycles. The SMILES string of the molecule is CC(N)CC(C)NS(=O)(=O)c1ccc(F)cc1F. The topological polar surface area (TPSA) is 72.2 Å². The van der Waals surface area contributed by atoms with Gasteiger partial charge in [0.25, 0.3) is 0 Å². The van der Waals surface area contributed by atoms with E-state index in [0.29, 0.717) is 12.5 Å². The van der Waals surface area contributed by atoms with Crippen LogP contribution < -0.4 is 10.5 Å². The number of nitrogens with one attached hydrogen (secondary N) is 1. The van der Waals surface area contributed by atoms with Crippen LogP contribution in [0.1, 0.15) is 20.3 Å². The first-order valence-electron chi connectivity index (χ1n) is 5.45. The average Bonchev–Trinajstić information content (AvgIpc) is 2.13. The van der Waals surface area contributed by atoms with Crippen molar-refractivity contribution < 1.29 is 17.2 Å². The molecule has 7 heteroatoms. The molecule has 0 amide bonds. The Morgan fingerprint density at radius 2 is 1.94 bits per heavy atom. The molecule has 2 atom stereocenters. The van der Waals surface area contributed by atoms with Crippen LogP contribution in [0.15, 0.2) is 23.1 Å². The van der Waals surface area contributed by atoms with Crippen molar-refractivity contribution in [1.82, 2.24) is 4.72 Å². The summed E-state index contributed by atoms with van der Waals surface area (Å²) in [5.74, 6) is -1.94. The fourth-order valence-electron chi connectivity index (χ4n) is 1.63. The van der Waals surface area contributed by atoms with Crippen LogP contribution in [0, 0.1) is 11.6 Å². The second-order valence-corrected chi connectivity index (χ2v) is 5.99. The highest BCUT2D eigenvalue weighted by atomic mass is 32.2. The summed E-state index contributed by atoms with van der Waals surface area (Å²) in [5, 5.41) is 0. The minimum Gasteiger partial charge on any atom is -0.328 e. The van der Waals surface area contributed by atoms with E-state index in [9.17, 15) is 17.2 Å². The Bertz CT molecular complexity index is 518. The minimum absolute atomic E-state index is 0.180. The first-order chi connectivity index (χ1) is 8.22. The summed E-state index contributed by atoms with van der Waals surface area (Å²) in [5.41, 5.74) is 5.54. The number of halogens is 2. The van der Waals surface area contributed by atoms with E-state index in [1.807, 2.05) is 0 Å². The van der Waals surface area contributed by atoms with E-state index in [-0.39, 0.29) is 6.04 Å². The Morgan fingerprint density at radius 3 is 2.44 bits per heavy atom. The van der Waals surface area contributed by atoms with E-state index in [1.165, 1.54) is 0 Å². The molecule has 3 N–H and O–H groups in total. The van der Waals surface area contributed by atoms with Gasteiger partial charge in [-0.2, -0.15) is 0 Å². The molecule has 4 nitrogen and oxygen atoms in total. The molecule has 1 aromatic carbocycles. The van der Waals surface area contributed by atoms with E-state index in [0.717, 1.165) is 12.1 Å². The Hall–Kier alpha value is -1.05. The number of rotatable bonds is 5. The van der Waals surface area contributed by atoms with E-state index in [4.69, 9.17) is 5.73 Å². The van der Waals surface area contributed by atoms with E-state index < -0.39 is 32.6 Å². The summed E-state index contributed by atoms with van der Waals surface area (Å²) in [6, 6.07) is 1.71. The van der Waals surface area contributed by atoms with Crippen molar-refractivity contribution in [1.29, 1.82) is 0 Å². The Balaban J connectivity index is 2.93. The summed E-state index contributed by atoms with van der Waals surface area (Å²) in [6.07, 6.45) is 0.419. The lowest BCUT2D eigenvalue weighted by Gasteiger charge is -2.16. The number of hydrogen-bond acceptors (Lipinski definition) is 3. The third-order valence-electron chi connectivity index (χ3n) is 2.27. The molecule has 0 fully saturated rings. The van der Waals surface area contributed by atoms with Crippen LogP contribution in [0.2, 0.25) is 0 Å². The summed E-state index contributed by atoms with van der Waals surface area (Å²) in [6.45, 7) is 3.37. The van der Waals surface area contributed by atoms with Crippen molar-refractivity contribution in [2.24, 2.45) is 5.73 Å². The predicted octanol–water partition coefficient (Wildman–Crippen LogP) is 1.37. The molecule has 102 valence electrons. The van der Waals surface area contributed by atoms with E-state index >= 15 is 0 Å². The summed E-state index contributed by atoms with van der Waals surface area (Å²) < 4.78 is 52.1. The van der Waals surface area contributed by atoms with Gasteiger partial charge in [0, 0.05) is 18.2 Å². The molecule has 0 aromatic heterocycles. The van der Waals surface area contributed by atoms with Gasteiger partial charge in [0.1, 0.15) is 16.5 Å². The maximum absolute atomic E-state index is 13.4. The molecule has 0 aliphatic heterocycles. The molecule has 0 bridgehead atoms. The first-order valence-corrected chi connectivity index (χ1v) is 6.93. The fraction of sp³-hybridized carbons (Fsp3) is 0.455. The lowest BCUT2D eigenvalue weighted by atomic mass is 10.1. The molecule has 0 aliphatic rings. The van der Waals surface area contributed by atoms with Gasteiger partial charge in [-0.1, -0.05) is 0 Å². The standard InChI is InChI=1S/C11H16F2N2O2S/c1-7(14)5-8(2)15-18(16,17)11-4-3-9(12)6-10(11)13/h3-4,6-8,15H,5,14H2,1-2H3. The second kappa shape index (κ2) is 5.73. The van der Waals surface area contributed by atoms with Crippen LogP contribution in [0.3, 0.4) is 0 Å². The maximum atomic E-state index is 13.4. The summed E-state index contributed by atoms with van der Waals surface area (Å²) >= 11 is 0. The Morgan fingerprint density at radius 1 is 1.33 bits per heavy atom. The van der Waals surface area contributed by atoms with Crippen molar-refractivity contribution in [3.05, 3.63) is 29.8 Å². The van der Waals surface area contributed by atoms with Gasteiger partial charge in [0.05, 0.1) is 0 Å². The Kier molecular flexibility index (Phi) is 4.78. The van der Waals surface area contributed by atoms with Crippen molar-refractivity contribution >= 4 is 10.0 Å². The highest BCUT2D eigenvalue weighted by Gasteiger charge is 2.22. The molecular formula is C11H16F2N2O2S. The van der Waals surface area contributed by atoms with Crippen molar-refractivity contribution in [3.63, 3.8) is 0 Å². The summed E-state index contributed by atoms with van der Waals surface area (Å²) in [7, 11) is -4.00. The maximum Gasteiger partial charge on any atom is 0.243 e. The molecule has 0 saturated heterocycles. The van der Waals surface area contributed by atoms with Crippen LogP contribution in [0.25, 0.3) is 0 Å². The van der Waals surface area contributed by atoms with Gasteiger partial charge < -0.3 is 5.73 Å². The number of benzene rings is 1. The molecule has 0 aliphatic carbocycles. The molecule has 0 spiro atoms. The lowest BCUT2D eigenvalue weighted by molar-refractivity contribution is 0.510. The normalized spacial score (nSPS) is 15.4. The predicted molar refractivity (Wildman–Crippen MR) is 64.4 cm³/mol. The molecule has 0 radical (unpaired) electrons. The molecule has 1 aromatic rings. The zero-order chi connectivity index (χ0) is 13.9. The number of hydrogen-bond donors (Lipinski definition) is 2. The van der Waals surface area contributed by atoms with Crippen molar-refractivity contribution in [2.75, 3.05) is 0 Å². The van der Waals surface area contributed by atoms with Crippen LogP contribution in [0.4, 0.5) is 8.78 Å². The third kappa shape index (κ3) is 4.01. The number of nitrogens with two attached hydrogens (primary N) is 1. The molecule has 1 rings (SSSR count). The van der Waals surface area contributed by atoms with Crippen molar-refractivity contribution in [2.45, 2.75) is 37.2 Å². The van der Waals surface area contributed by atoms with Crippen molar-refractivity contribution in [3.8, 4) is 0 Å². The van der Waals surface area contributed by atoms with Gasteiger partial charge >= 0.3 is 0 Å². The largest absolute Gasteiger partial charge is 0.328 e. The molecular weight excluding hydrogens is 262 g/mol. The lowest BCUT2D eigenvalue weighted by Crippen LogP contribution is -2.36. The van der Waals surface area contributed by atoms with Crippen LogP contribution in [0.5, 0.6) is 0 Å². The van der Waals surface area contributed by atoms with Gasteiger partial charge in [-0.25, -0.2) is 21.9 Å². The van der Waals surface area contributed by atoms with Crippen LogP contribution in [-0.2, 0) is 10.0 Å². The third-order valence-corrected chi connectivity index (χ3v) is 3.89. The van der Waals surface area contributed by atoms with Gasteiger partial charge in [0.2, 0.25) is 10.0 Å². The molecule has 2 unspecified atom stereocenters. The number of sulfonamides is 1. The average molecular weight is 278 g/mol.